The highest BCUT2D eigenvalue weighted by molar-refractivity contribution is 6.31. The van der Waals surface area contributed by atoms with Gasteiger partial charge in [0, 0.05) is 49.3 Å². The van der Waals surface area contributed by atoms with Gasteiger partial charge in [0.15, 0.2) is 0 Å². The first-order valence-electron chi connectivity index (χ1n) is 8.91. The zero-order valence-electron chi connectivity index (χ0n) is 14.7. The first kappa shape index (κ1) is 17.9. The molecule has 1 aromatic heterocycles. The summed E-state index contributed by atoms with van der Waals surface area (Å²) in [6.45, 7) is 3.36. The molecule has 1 aliphatic rings. The van der Waals surface area contributed by atoms with Crippen molar-refractivity contribution >= 4 is 28.4 Å². The molecule has 0 unspecified atom stereocenters. The molecular formula is C21H19ClFN3O. The summed E-state index contributed by atoms with van der Waals surface area (Å²) in [5, 5.41) is 1.49. The smallest absolute Gasteiger partial charge is 0.256 e. The Morgan fingerprint density at radius 1 is 1.07 bits per heavy atom. The molecular weight excluding hydrogens is 365 g/mol. The molecule has 1 aliphatic heterocycles. The highest BCUT2D eigenvalue weighted by Crippen LogP contribution is 2.20. The molecule has 4 rings (SSSR count). The summed E-state index contributed by atoms with van der Waals surface area (Å²) in [5.74, 6) is -0.838. The van der Waals surface area contributed by atoms with Gasteiger partial charge < -0.3 is 4.90 Å². The van der Waals surface area contributed by atoms with E-state index in [0.717, 1.165) is 30.5 Å². The molecule has 0 N–H and O–H groups in total. The number of benzene rings is 2. The van der Waals surface area contributed by atoms with Crippen LogP contribution in [0.4, 0.5) is 4.39 Å². The van der Waals surface area contributed by atoms with Gasteiger partial charge in [-0.3, -0.25) is 14.7 Å². The Labute approximate surface area is 162 Å². The first-order chi connectivity index (χ1) is 13.1. The van der Waals surface area contributed by atoms with Crippen LogP contribution in [0.15, 0.2) is 54.7 Å². The number of pyridine rings is 1. The lowest BCUT2D eigenvalue weighted by atomic mass is 10.1. The largest absolute Gasteiger partial charge is 0.336 e. The Balaban J connectivity index is 1.43. The molecule has 3 aromatic rings. The van der Waals surface area contributed by atoms with Crippen molar-refractivity contribution in [2.45, 2.75) is 6.54 Å². The van der Waals surface area contributed by atoms with E-state index in [1.54, 1.807) is 4.90 Å². The average Bonchev–Trinajstić information content (AvgIpc) is 2.70. The third-order valence-electron chi connectivity index (χ3n) is 4.93. The molecule has 138 valence electrons. The van der Waals surface area contributed by atoms with E-state index < -0.39 is 5.82 Å². The van der Waals surface area contributed by atoms with Crippen LogP contribution in [-0.2, 0) is 6.54 Å². The molecule has 1 amide bonds. The first-order valence-corrected chi connectivity index (χ1v) is 9.29. The number of piperazine rings is 1. The Hall–Kier alpha value is -2.50. The third kappa shape index (κ3) is 3.80. The van der Waals surface area contributed by atoms with E-state index in [0.29, 0.717) is 18.1 Å². The van der Waals surface area contributed by atoms with Crippen molar-refractivity contribution in [2.24, 2.45) is 0 Å². The molecule has 0 aliphatic carbocycles. The number of nitrogens with zero attached hydrogens (tertiary/aromatic N) is 3. The van der Waals surface area contributed by atoms with Gasteiger partial charge in [0.25, 0.3) is 5.91 Å². The van der Waals surface area contributed by atoms with Crippen LogP contribution in [0.2, 0.25) is 5.02 Å². The maximum atomic E-state index is 14.0. The summed E-state index contributed by atoms with van der Waals surface area (Å²) in [4.78, 5) is 21.1. The fraction of sp³-hybridized carbons (Fsp3) is 0.238. The summed E-state index contributed by atoms with van der Waals surface area (Å²) in [7, 11) is 0. The number of fused-ring (bicyclic) bond motifs is 1. The fourth-order valence-corrected chi connectivity index (χ4v) is 3.65. The molecule has 27 heavy (non-hydrogen) atoms. The van der Waals surface area contributed by atoms with Crippen molar-refractivity contribution in [3.63, 3.8) is 0 Å². The Morgan fingerprint density at radius 3 is 2.67 bits per heavy atom. The van der Waals surface area contributed by atoms with Crippen LogP contribution in [0.1, 0.15) is 15.9 Å². The Kier molecular flexibility index (Phi) is 5.05. The van der Waals surface area contributed by atoms with Crippen molar-refractivity contribution in [3.05, 3.63) is 76.7 Å². The van der Waals surface area contributed by atoms with Crippen LogP contribution >= 0.6 is 11.6 Å². The minimum Gasteiger partial charge on any atom is -0.336 e. The minimum atomic E-state index is -0.534. The van der Waals surface area contributed by atoms with Crippen molar-refractivity contribution in [1.29, 1.82) is 0 Å². The van der Waals surface area contributed by atoms with Crippen LogP contribution in [0.25, 0.3) is 10.9 Å². The third-order valence-corrected chi connectivity index (χ3v) is 5.16. The van der Waals surface area contributed by atoms with Gasteiger partial charge in [0.05, 0.1) is 11.1 Å². The van der Waals surface area contributed by atoms with Gasteiger partial charge in [-0.25, -0.2) is 4.39 Å². The highest BCUT2D eigenvalue weighted by Gasteiger charge is 2.24. The number of para-hydroxylation sites is 1. The van der Waals surface area contributed by atoms with E-state index in [1.807, 2.05) is 18.3 Å². The van der Waals surface area contributed by atoms with Crippen LogP contribution in [0.5, 0.6) is 0 Å². The van der Waals surface area contributed by atoms with E-state index >= 15 is 0 Å². The lowest BCUT2D eigenvalue weighted by Gasteiger charge is -2.35. The topological polar surface area (TPSA) is 36.4 Å². The number of halogens is 2. The standard InChI is InChI=1S/C21H19ClFN3O/c22-17-6-7-19(23)18(13-17)21(27)26-11-9-25(10-12-26)14-16-4-1-3-15-5-2-8-24-20(15)16/h1-8,13H,9-12,14H2. The van der Waals surface area contributed by atoms with E-state index in [1.165, 1.54) is 23.8 Å². The number of amides is 1. The molecule has 0 radical (unpaired) electrons. The van der Waals surface area contributed by atoms with Crippen molar-refractivity contribution in [1.82, 2.24) is 14.8 Å². The molecule has 0 atom stereocenters. The molecule has 0 spiro atoms. The number of hydrogen-bond acceptors (Lipinski definition) is 3. The van der Waals surface area contributed by atoms with Crippen molar-refractivity contribution in [3.8, 4) is 0 Å². The summed E-state index contributed by atoms with van der Waals surface area (Å²) < 4.78 is 14.0. The zero-order chi connectivity index (χ0) is 18.8. The van der Waals surface area contributed by atoms with Gasteiger partial charge in [-0.1, -0.05) is 35.9 Å². The molecule has 1 fully saturated rings. The number of carbonyl (C=O) groups is 1. The van der Waals surface area contributed by atoms with Gasteiger partial charge in [-0.05, 0) is 29.8 Å². The van der Waals surface area contributed by atoms with Gasteiger partial charge in [0.1, 0.15) is 5.82 Å². The lowest BCUT2D eigenvalue weighted by Crippen LogP contribution is -2.48. The summed E-state index contributed by atoms with van der Waals surface area (Å²) >= 11 is 5.91. The van der Waals surface area contributed by atoms with Crippen LogP contribution in [0, 0.1) is 5.82 Å². The molecule has 4 nitrogen and oxygen atoms in total. The normalized spacial score (nSPS) is 15.3. The average molecular weight is 384 g/mol. The lowest BCUT2D eigenvalue weighted by molar-refractivity contribution is 0.0624. The van der Waals surface area contributed by atoms with E-state index in [2.05, 4.69) is 28.1 Å². The predicted octanol–water partition coefficient (Wildman–Crippen LogP) is 3.99. The van der Waals surface area contributed by atoms with Crippen molar-refractivity contribution < 1.29 is 9.18 Å². The Morgan fingerprint density at radius 2 is 1.85 bits per heavy atom. The zero-order valence-corrected chi connectivity index (χ0v) is 15.5. The maximum absolute atomic E-state index is 14.0. The number of rotatable bonds is 3. The van der Waals surface area contributed by atoms with E-state index in [4.69, 9.17) is 11.6 Å². The predicted molar refractivity (Wildman–Crippen MR) is 104 cm³/mol. The second-order valence-electron chi connectivity index (χ2n) is 6.68. The Bertz CT molecular complexity index is 981. The SMILES string of the molecule is O=C(c1cc(Cl)ccc1F)N1CCN(Cc2cccc3cccnc23)CC1. The second kappa shape index (κ2) is 7.62. The monoisotopic (exact) mass is 383 g/mol. The van der Waals surface area contributed by atoms with Crippen LogP contribution in [0.3, 0.4) is 0 Å². The van der Waals surface area contributed by atoms with Gasteiger partial charge >= 0.3 is 0 Å². The fourth-order valence-electron chi connectivity index (χ4n) is 3.48. The quantitative estimate of drug-likeness (QED) is 0.686. The summed E-state index contributed by atoms with van der Waals surface area (Å²) in [6.07, 6.45) is 1.81. The van der Waals surface area contributed by atoms with Gasteiger partial charge in [-0.15, -0.1) is 0 Å². The van der Waals surface area contributed by atoms with Gasteiger partial charge in [-0.2, -0.15) is 0 Å². The number of hydrogen-bond donors (Lipinski definition) is 0. The highest BCUT2D eigenvalue weighted by atomic mass is 35.5. The van der Waals surface area contributed by atoms with Crippen molar-refractivity contribution in [2.75, 3.05) is 26.2 Å². The van der Waals surface area contributed by atoms with Gasteiger partial charge in [0.2, 0.25) is 0 Å². The summed E-state index contributed by atoms with van der Waals surface area (Å²) in [5.41, 5.74) is 2.22. The van der Waals surface area contributed by atoms with E-state index in [9.17, 15) is 9.18 Å². The maximum Gasteiger partial charge on any atom is 0.256 e. The second-order valence-corrected chi connectivity index (χ2v) is 7.12. The molecule has 6 heteroatoms. The molecule has 1 saturated heterocycles. The van der Waals surface area contributed by atoms with Crippen LogP contribution in [-0.4, -0.2) is 46.9 Å². The molecule has 2 heterocycles. The molecule has 0 bridgehead atoms. The molecule has 2 aromatic carbocycles. The number of carbonyl (C=O) groups excluding carboxylic acids is 1. The minimum absolute atomic E-state index is 0.0363. The molecule has 0 saturated carbocycles. The summed E-state index contributed by atoms with van der Waals surface area (Å²) in [6, 6.07) is 14.3. The van der Waals surface area contributed by atoms with Crippen LogP contribution < -0.4 is 0 Å². The number of aromatic nitrogens is 1. The van der Waals surface area contributed by atoms with E-state index in [-0.39, 0.29) is 11.5 Å².